The molecular weight excluding hydrogens is 330 g/mol. The minimum atomic E-state index is -0.961. The molecule has 0 aliphatic heterocycles. The molecule has 10 heteroatoms. The van der Waals surface area contributed by atoms with Crippen LogP contribution < -0.4 is 17.0 Å². The monoisotopic (exact) mass is 347 g/mol. The van der Waals surface area contributed by atoms with Gasteiger partial charge >= 0.3 is 5.69 Å². The van der Waals surface area contributed by atoms with E-state index < -0.39 is 22.2 Å². The summed E-state index contributed by atoms with van der Waals surface area (Å²) in [7, 11) is 0. The lowest BCUT2D eigenvalue weighted by Crippen LogP contribution is -2.38. The zero-order valence-corrected chi connectivity index (χ0v) is 13.5. The number of nitroso groups, excluding NO2 is 1. The second kappa shape index (κ2) is 7.51. The third-order valence-corrected chi connectivity index (χ3v) is 3.78. The molecule has 0 fully saturated rings. The number of benzene rings is 1. The molecule has 2 aromatic rings. The van der Waals surface area contributed by atoms with Gasteiger partial charge in [-0.1, -0.05) is 12.1 Å². The SMILES string of the molecule is CCCn1c(=O)[nH]c(N)c(CC(N=O)c2ccc([N+](=O)[O-])cc2)c1=O. The van der Waals surface area contributed by atoms with Gasteiger partial charge in [0.2, 0.25) is 0 Å². The molecule has 3 N–H and O–H groups in total. The number of rotatable bonds is 7. The highest BCUT2D eigenvalue weighted by Gasteiger charge is 2.20. The number of hydrogen-bond acceptors (Lipinski definition) is 7. The van der Waals surface area contributed by atoms with Crippen molar-refractivity contribution in [3.63, 3.8) is 0 Å². The highest BCUT2D eigenvalue weighted by atomic mass is 16.6. The molecule has 0 amide bonds. The summed E-state index contributed by atoms with van der Waals surface area (Å²) in [6.45, 7) is 2.03. The van der Waals surface area contributed by atoms with Crippen LogP contribution in [0.5, 0.6) is 0 Å². The average Bonchev–Trinajstić information content (AvgIpc) is 2.59. The predicted octanol–water partition coefficient (Wildman–Crippen LogP) is 1.49. The Morgan fingerprint density at radius 3 is 2.48 bits per heavy atom. The first-order valence-electron chi connectivity index (χ1n) is 7.57. The number of non-ortho nitro benzene ring substituents is 1. The van der Waals surface area contributed by atoms with Crippen LogP contribution in [0.4, 0.5) is 11.5 Å². The van der Waals surface area contributed by atoms with Crippen molar-refractivity contribution in [1.29, 1.82) is 0 Å². The Labute approximate surface area is 141 Å². The Hall–Kier alpha value is -3.30. The summed E-state index contributed by atoms with van der Waals surface area (Å²) in [6, 6.07) is 4.34. The van der Waals surface area contributed by atoms with Crippen LogP contribution in [0.25, 0.3) is 0 Å². The van der Waals surface area contributed by atoms with Crippen molar-refractivity contribution in [3.8, 4) is 0 Å². The van der Waals surface area contributed by atoms with Gasteiger partial charge in [0.25, 0.3) is 11.2 Å². The molecule has 1 aromatic carbocycles. The van der Waals surface area contributed by atoms with Crippen molar-refractivity contribution in [2.75, 3.05) is 5.73 Å². The van der Waals surface area contributed by atoms with E-state index in [-0.39, 0.29) is 30.0 Å². The molecule has 1 unspecified atom stereocenters. The molecule has 0 spiro atoms. The van der Waals surface area contributed by atoms with Crippen LogP contribution in [0.2, 0.25) is 0 Å². The molecule has 0 aliphatic rings. The van der Waals surface area contributed by atoms with E-state index in [2.05, 4.69) is 10.2 Å². The van der Waals surface area contributed by atoms with E-state index in [9.17, 15) is 24.6 Å². The molecular formula is C15H17N5O5. The van der Waals surface area contributed by atoms with Crippen molar-refractivity contribution in [1.82, 2.24) is 9.55 Å². The van der Waals surface area contributed by atoms with E-state index in [4.69, 9.17) is 5.73 Å². The zero-order chi connectivity index (χ0) is 18.6. The van der Waals surface area contributed by atoms with E-state index in [1.165, 1.54) is 24.3 Å². The number of aromatic amines is 1. The van der Waals surface area contributed by atoms with Gasteiger partial charge in [-0.15, -0.1) is 0 Å². The fourth-order valence-electron chi connectivity index (χ4n) is 2.48. The van der Waals surface area contributed by atoms with Gasteiger partial charge in [0.05, 0.1) is 10.5 Å². The normalized spacial score (nSPS) is 11.9. The number of nitrogen functional groups attached to an aromatic ring is 1. The summed E-state index contributed by atoms with van der Waals surface area (Å²) < 4.78 is 1.02. The number of hydrogen-bond donors (Lipinski definition) is 2. The van der Waals surface area contributed by atoms with Gasteiger partial charge in [-0.05, 0) is 24.1 Å². The Kier molecular flexibility index (Phi) is 5.42. The van der Waals surface area contributed by atoms with Gasteiger partial charge in [-0.3, -0.25) is 24.5 Å². The van der Waals surface area contributed by atoms with Crippen molar-refractivity contribution in [2.24, 2.45) is 5.18 Å². The van der Waals surface area contributed by atoms with E-state index >= 15 is 0 Å². The summed E-state index contributed by atoms with van der Waals surface area (Å²) >= 11 is 0. The third kappa shape index (κ3) is 3.79. The highest BCUT2D eigenvalue weighted by molar-refractivity contribution is 5.40. The van der Waals surface area contributed by atoms with E-state index in [1.54, 1.807) is 0 Å². The Morgan fingerprint density at radius 1 is 1.32 bits per heavy atom. The van der Waals surface area contributed by atoms with E-state index in [0.29, 0.717) is 12.0 Å². The summed E-state index contributed by atoms with van der Waals surface area (Å²) in [5.74, 6) is -0.113. The molecule has 0 saturated heterocycles. The van der Waals surface area contributed by atoms with Crippen molar-refractivity contribution >= 4 is 11.5 Å². The topological polar surface area (TPSA) is 153 Å². The number of nitrogens with one attached hydrogen (secondary N) is 1. The Balaban J connectivity index is 2.40. The second-order valence-corrected chi connectivity index (χ2v) is 5.45. The first-order chi connectivity index (χ1) is 11.9. The average molecular weight is 347 g/mol. The first kappa shape index (κ1) is 18.0. The molecule has 0 radical (unpaired) electrons. The summed E-state index contributed by atoms with van der Waals surface area (Å²) in [5, 5.41) is 13.7. The fraction of sp³-hybridized carbons (Fsp3) is 0.333. The van der Waals surface area contributed by atoms with Crippen LogP contribution in [0.15, 0.2) is 39.0 Å². The van der Waals surface area contributed by atoms with Gasteiger partial charge in [0.15, 0.2) is 0 Å². The lowest BCUT2D eigenvalue weighted by Gasteiger charge is -2.12. The summed E-state index contributed by atoms with van der Waals surface area (Å²) in [5.41, 5.74) is 4.91. The first-order valence-corrected chi connectivity index (χ1v) is 7.57. The van der Waals surface area contributed by atoms with Crippen LogP contribution in [0.1, 0.15) is 30.5 Å². The zero-order valence-electron chi connectivity index (χ0n) is 13.5. The van der Waals surface area contributed by atoms with E-state index in [1.807, 2.05) is 6.92 Å². The molecule has 132 valence electrons. The number of nitrogens with two attached hydrogens (primary N) is 1. The number of aromatic nitrogens is 2. The number of H-pyrrole nitrogens is 1. The maximum absolute atomic E-state index is 12.5. The predicted molar refractivity (Wildman–Crippen MR) is 91.4 cm³/mol. The van der Waals surface area contributed by atoms with Gasteiger partial charge in [-0.25, -0.2) is 4.79 Å². The molecule has 10 nitrogen and oxygen atoms in total. The minimum absolute atomic E-state index is 0.0796. The van der Waals surface area contributed by atoms with Gasteiger partial charge < -0.3 is 5.73 Å². The second-order valence-electron chi connectivity index (χ2n) is 5.45. The van der Waals surface area contributed by atoms with Crippen LogP contribution in [-0.2, 0) is 13.0 Å². The van der Waals surface area contributed by atoms with Crippen LogP contribution in [-0.4, -0.2) is 14.5 Å². The van der Waals surface area contributed by atoms with Gasteiger partial charge in [0.1, 0.15) is 11.9 Å². The molecule has 0 saturated carbocycles. The maximum atomic E-state index is 12.5. The van der Waals surface area contributed by atoms with Gasteiger partial charge in [0, 0.05) is 25.1 Å². The van der Waals surface area contributed by atoms with Crippen molar-refractivity contribution in [3.05, 3.63) is 71.3 Å². The largest absolute Gasteiger partial charge is 0.385 e. The standard InChI is InChI=1S/C15H17N5O5/c1-2-7-19-14(21)11(13(16)17-15(19)22)8-12(18-23)9-3-5-10(6-4-9)20(24)25/h3-6,12H,2,7-8,16H2,1H3,(H,17,22). The number of anilines is 1. The van der Waals surface area contributed by atoms with Crippen molar-refractivity contribution < 1.29 is 4.92 Å². The van der Waals surface area contributed by atoms with Crippen molar-refractivity contribution in [2.45, 2.75) is 32.4 Å². The fourth-order valence-corrected chi connectivity index (χ4v) is 2.48. The quantitative estimate of drug-likeness (QED) is 0.439. The summed E-state index contributed by atoms with van der Waals surface area (Å²) in [6.07, 6.45) is 0.455. The molecule has 2 rings (SSSR count). The number of nitro groups is 1. The molecule has 25 heavy (non-hydrogen) atoms. The molecule has 1 heterocycles. The Morgan fingerprint density at radius 2 is 1.96 bits per heavy atom. The maximum Gasteiger partial charge on any atom is 0.329 e. The van der Waals surface area contributed by atoms with Crippen LogP contribution in [0.3, 0.4) is 0 Å². The van der Waals surface area contributed by atoms with Crippen LogP contribution in [0, 0.1) is 15.0 Å². The van der Waals surface area contributed by atoms with Crippen LogP contribution >= 0.6 is 0 Å². The molecule has 0 aliphatic carbocycles. The minimum Gasteiger partial charge on any atom is -0.385 e. The number of nitro benzene ring substituents is 1. The summed E-state index contributed by atoms with van der Waals surface area (Å²) in [4.78, 5) is 48.0. The lowest BCUT2D eigenvalue weighted by molar-refractivity contribution is -0.384. The van der Waals surface area contributed by atoms with Gasteiger partial charge in [-0.2, -0.15) is 4.91 Å². The number of nitrogens with zero attached hydrogens (tertiary/aromatic N) is 3. The Bertz CT molecular complexity index is 900. The smallest absolute Gasteiger partial charge is 0.329 e. The lowest BCUT2D eigenvalue weighted by atomic mass is 10.0. The third-order valence-electron chi connectivity index (χ3n) is 3.78. The highest BCUT2D eigenvalue weighted by Crippen LogP contribution is 2.24. The van der Waals surface area contributed by atoms with E-state index in [0.717, 1.165) is 4.57 Å². The molecule has 0 bridgehead atoms. The molecule has 1 aromatic heterocycles. The molecule has 1 atom stereocenters.